The van der Waals surface area contributed by atoms with Crippen molar-refractivity contribution < 1.29 is 31.1 Å². The molecule has 9 heteroatoms. The van der Waals surface area contributed by atoms with Crippen LogP contribution in [0.5, 0.6) is 0 Å². The zero-order valence-corrected chi connectivity index (χ0v) is 18.6. The molecule has 1 amide bonds. The standard InChI is InChI=1S/C24H22ClF6NO/c1-13-9-17(11-20(25)14(13)2)19(24(29,30)31)7-4-15-3-6-18-16(10-15)5-8-21(18)32-22(33)12-23(26,27)28/h3-4,6-7,9-11,19,21H,5,8,12H2,1-2H3,(H,32,33)/b7-4+. The van der Waals surface area contributed by atoms with Crippen LogP contribution in [0.2, 0.25) is 5.02 Å². The van der Waals surface area contributed by atoms with Crippen molar-refractivity contribution in [2.45, 2.75) is 57.4 Å². The number of nitrogens with one attached hydrogen (secondary N) is 1. The molecule has 2 unspecified atom stereocenters. The van der Waals surface area contributed by atoms with Gasteiger partial charge in [-0.05, 0) is 66.1 Å². The van der Waals surface area contributed by atoms with Gasteiger partial charge in [0.2, 0.25) is 5.91 Å². The van der Waals surface area contributed by atoms with E-state index in [1.54, 1.807) is 32.0 Å². The molecule has 33 heavy (non-hydrogen) atoms. The summed E-state index contributed by atoms with van der Waals surface area (Å²) in [5.41, 5.74) is 3.42. The molecule has 2 nitrogen and oxygen atoms in total. The number of rotatable bonds is 5. The van der Waals surface area contributed by atoms with E-state index in [-0.39, 0.29) is 10.6 Å². The summed E-state index contributed by atoms with van der Waals surface area (Å²) in [6.45, 7) is 3.44. The Balaban J connectivity index is 1.80. The Bertz CT molecular complexity index is 1050. The Kier molecular flexibility index (Phi) is 7.17. The van der Waals surface area contributed by atoms with Crippen molar-refractivity contribution in [3.05, 3.63) is 74.8 Å². The molecule has 2 aromatic rings. The van der Waals surface area contributed by atoms with Gasteiger partial charge in [0.05, 0.1) is 12.0 Å². The molecule has 1 aliphatic carbocycles. The number of alkyl halides is 6. The van der Waals surface area contributed by atoms with Gasteiger partial charge in [-0.2, -0.15) is 26.3 Å². The van der Waals surface area contributed by atoms with Crippen molar-refractivity contribution in [1.82, 2.24) is 5.32 Å². The van der Waals surface area contributed by atoms with Gasteiger partial charge in [0.25, 0.3) is 0 Å². The van der Waals surface area contributed by atoms with Crippen LogP contribution < -0.4 is 5.32 Å². The Morgan fingerprint density at radius 3 is 2.45 bits per heavy atom. The fraction of sp³-hybridized carbons (Fsp3) is 0.375. The minimum absolute atomic E-state index is 0.0421. The zero-order chi connectivity index (χ0) is 24.6. The summed E-state index contributed by atoms with van der Waals surface area (Å²) in [7, 11) is 0. The minimum Gasteiger partial charge on any atom is -0.349 e. The van der Waals surface area contributed by atoms with Gasteiger partial charge in [-0.25, -0.2) is 0 Å². The van der Waals surface area contributed by atoms with E-state index < -0.39 is 36.6 Å². The SMILES string of the molecule is Cc1cc(C(/C=C/c2ccc3c(c2)CCC3NC(=O)CC(F)(F)F)C(F)(F)F)cc(Cl)c1C. The predicted octanol–water partition coefficient (Wildman–Crippen LogP) is 7.37. The first-order chi connectivity index (χ1) is 15.2. The molecule has 0 fully saturated rings. The van der Waals surface area contributed by atoms with Crippen molar-refractivity contribution in [3.63, 3.8) is 0 Å². The van der Waals surface area contributed by atoms with Crippen LogP contribution in [0.4, 0.5) is 26.3 Å². The molecule has 0 saturated heterocycles. The van der Waals surface area contributed by atoms with Crippen LogP contribution in [0.25, 0.3) is 6.08 Å². The molecule has 0 aliphatic heterocycles. The molecule has 0 radical (unpaired) electrons. The van der Waals surface area contributed by atoms with Gasteiger partial charge in [0.1, 0.15) is 6.42 Å². The largest absolute Gasteiger partial charge is 0.399 e. The number of aryl methyl sites for hydroxylation is 2. The Morgan fingerprint density at radius 1 is 1.15 bits per heavy atom. The van der Waals surface area contributed by atoms with E-state index in [2.05, 4.69) is 5.32 Å². The quantitative estimate of drug-likeness (QED) is 0.436. The number of amides is 1. The van der Waals surface area contributed by atoms with E-state index in [1.807, 2.05) is 0 Å². The van der Waals surface area contributed by atoms with E-state index in [0.717, 1.165) is 17.2 Å². The Morgan fingerprint density at radius 2 is 1.85 bits per heavy atom. The maximum Gasteiger partial charge on any atom is 0.399 e. The highest BCUT2D eigenvalue weighted by Gasteiger charge is 2.39. The molecule has 2 atom stereocenters. The van der Waals surface area contributed by atoms with E-state index >= 15 is 0 Å². The summed E-state index contributed by atoms with van der Waals surface area (Å²) in [6, 6.07) is 7.17. The van der Waals surface area contributed by atoms with Crippen LogP contribution in [0.1, 0.15) is 58.2 Å². The summed E-state index contributed by atoms with van der Waals surface area (Å²) in [4.78, 5) is 11.6. The maximum atomic E-state index is 13.8. The minimum atomic E-state index is -4.59. The molecule has 3 rings (SSSR count). The van der Waals surface area contributed by atoms with E-state index in [1.165, 1.54) is 18.2 Å². The number of hydrogen-bond acceptors (Lipinski definition) is 1. The highest BCUT2D eigenvalue weighted by Crippen LogP contribution is 2.39. The summed E-state index contributed by atoms with van der Waals surface area (Å²) in [5, 5.41) is 2.65. The first-order valence-electron chi connectivity index (χ1n) is 10.2. The second-order valence-corrected chi connectivity index (χ2v) is 8.64. The second kappa shape index (κ2) is 9.41. The number of fused-ring (bicyclic) bond motifs is 1. The summed E-state index contributed by atoms with van der Waals surface area (Å²) >= 11 is 6.10. The number of allylic oxidation sites excluding steroid dienone is 1. The number of benzene rings is 2. The lowest BCUT2D eigenvalue weighted by molar-refractivity contribution is -0.154. The van der Waals surface area contributed by atoms with Crippen LogP contribution in [0.15, 0.2) is 36.4 Å². The molecular weight excluding hydrogens is 468 g/mol. The lowest BCUT2D eigenvalue weighted by Crippen LogP contribution is -2.31. The van der Waals surface area contributed by atoms with E-state index in [0.29, 0.717) is 29.5 Å². The fourth-order valence-electron chi connectivity index (χ4n) is 3.96. The predicted molar refractivity (Wildman–Crippen MR) is 115 cm³/mol. The third-order valence-electron chi connectivity index (χ3n) is 5.76. The molecule has 178 valence electrons. The van der Waals surface area contributed by atoms with Gasteiger partial charge in [-0.15, -0.1) is 0 Å². The van der Waals surface area contributed by atoms with Crippen molar-refractivity contribution in [3.8, 4) is 0 Å². The molecule has 1 aliphatic rings. The van der Waals surface area contributed by atoms with Crippen molar-refractivity contribution in [2.24, 2.45) is 0 Å². The summed E-state index contributed by atoms with van der Waals surface area (Å²) < 4.78 is 78.5. The third kappa shape index (κ3) is 6.31. The molecule has 0 saturated carbocycles. The van der Waals surface area contributed by atoms with Crippen LogP contribution in [-0.2, 0) is 11.2 Å². The Hall–Kier alpha value is -2.48. The van der Waals surface area contributed by atoms with Gasteiger partial charge in [0, 0.05) is 5.02 Å². The maximum absolute atomic E-state index is 13.8. The lowest BCUT2D eigenvalue weighted by atomic mass is 9.93. The number of carbonyl (C=O) groups excluding carboxylic acids is 1. The van der Waals surface area contributed by atoms with E-state index in [9.17, 15) is 31.1 Å². The lowest BCUT2D eigenvalue weighted by Gasteiger charge is -2.19. The number of carbonyl (C=O) groups is 1. The fourth-order valence-corrected chi connectivity index (χ4v) is 4.23. The molecule has 0 spiro atoms. The average Bonchev–Trinajstić information content (AvgIpc) is 3.05. The smallest absolute Gasteiger partial charge is 0.349 e. The van der Waals surface area contributed by atoms with Gasteiger partial charge >= 0.3 is 12.4 Å². The van der Waals surface area contributed by atoms with Crippen molar-refractivity contribution in [1.29, 1.82) is 0 Å². The molecule has 2 aromatic carbocycles. The topological polar surface area (TPSA) is 29.1 Å². The van der Waals surface area contributed by atoms with Crippen molar-refractivity contribution in [2.75, 3.05) is 0 Å². The molecule has 0 bridgehead atoms. The molecular formula is C24H22ClF6NO. The number of hydrogen-bond donors (Lipinski definition) is 1. The second-order valence-electron chi connectivity index (χ2n) is 8.23. The summed E-state index contributed by atoms with van der Waals surface area (Å²) in [5.74, 6) is -2.96. The van der Waals surface area contributed by atoms with Crippen molar-refractivity contribution >= 4 is 23.6 Å². The van der Waals surface area contributed by atoms with Crippen LogP contribution in [0.3, 0.4) is 0 Å². The highest BCUT2D eigenvalue weighted by molar-refractivity contribution is 6.31. The normalized spacial score (nSPS) is 17.3. The van der Waals surface area contributed by atoms with Crippen LogP contribution in [0, 0.1) is 13.8 Å². The monoisotopic (exact) mass is 489 g/mol. The van der Waals surface area contributed by atoms with Crippen LogP contribution >= 0.6 is 11.6 Å². The average molecular weight is 490 g/mol. The first kappa shape index (κ1) is 25.1. The third-order valence-corrected chi connectivity index (χ3v) is 6.15. The molecule has 1 N–H and O–H groups in total. The van der Waals surface area contributed by atoms with Gasteiger partial charge in [0.15, 0.2) is 0 Å². The first-order valence-corrected chi connectivity index (χ1v) is 10.6. The van der Waals surface area contributed by atoms with E-state index in [4.69, 9.17) is 11.6 Å². The number of halogens is 7. The zero-order valence-electron chi connectivity index (χ0n) is 17.9. The van der Waals surface area contributed by atoms with Crippen LogP contribution in [-0.4, -0.2) is 18.3 Å². The molecule has 0 aromatic heterocycles. The van der Waals surface area contributed by atoms with Gasteiger partial charge in [-0.1, -0.05) is 48.0 Å². The Labute approximate surface area is 192 Å². The summed E-state index contributed by atoms with van der Waals surface area (Å²) in [6.07, 6.45) is -7.29. The van der Waals surface area contributed by atoms with Gasteiger partial charge < -0.3 is 5.32 Å². The molecule has 0 heterocycles. The van der Waals surface area contributed by atoms with Gasteiger partial charge in [-0.3, -0.25) is 4.79 Å². The highest BCUT2D eigenvalue weighted by atomic mass is 35.5.